The van der Waals surface area contributed by atoms with E-state index in [1.165, 1.54) is 0 Å². The highest BCUT2D eigenvalue weighted by atomic mass is 16.6. The highest BCUT2D eigenvalue weighted by Crippen LogP contribution is 2.75. The first-order valence-electron chi connectivity index (χ1n) is 13.6. The van der Waals surface area contributed by atoms with Crippen molar-refractivity contribution in [3.8, 4) is 17.1 Å². The molecular weight excluding hydrogens is 486 g/mol. The summed E-state index contributed by atoms with van der Waals surface area (Å²) < 4.78 is 18.6. The third-order valence-corrected chi connectivity index (χ3v) is 11.4. The minimum absolute atomic E-state index is 0.111. The molecule has 8 heteroatoms. The van der Waals surface area contributed by atoms with Crippen molar-refractivity contribution in [1.82, 2.24) is 4.98 Å². The van der Waals surface area contributed by atoms with E-state index in [2.05, 4.69) is 25.8 Å². The zero-order valence-corrected chi connectivity index (χ0v) is 22.2. The van der Waals surface area contributed by atoms with Crippen molar-refractivity contribution >= 4 is 0 Å². The van der Waals surface area contributed by atoms with Gasteiger partial charge in [0.25, 0.3) is 0 Å². The second kappa shape index (κ2) is 7.36. The van der Waals surface area contributed by atoms with Crippen LogP contribution in [0.2, 0.25) is 0 Å². The Morgan fingerprint density at radius 2 is 1.92 bits per heavy atom. The van der Waals surface area contributed by atoms with Crippen LogP contribution in [0.5, 0.6) is 5.75 Å². The van der Waals surface area contributed by atoms with Crippen molar-refractivity contribution in [3.05, 3.63) is 58.2 Å². The molecule has 6 aliphatic rings. The SMILES string of the molecule is CC1=CC(O)C2C34CCC(O)(OC3)C(C)(C)C4CCC2(C)C12Oc1cc(-c3cccnc3)oc(=O)c1C2O. The predicted molar refractivity (Wildman–Crippen MR) is 137 cm³/mol. The molecule has 3 aliphatic heterocycles. The number of aromatic nitrogens is 1. The molecule has 8 nitrogen and oxygen atoms in total. The zero-order chi connectivity index (χ0) is 26.9. The molecule has 2 aromatic rings. The molecule has 0 amide bonds. The van der Waals surface area contributed by atoms with Gasteiger partial charge >= 0.3 is 5.63 Å². The van der Waals surface area contributed by atoms with Crippen LogP contribution in [0.15, 0.2) is 51.5 Å². The lowest BCUT2D eigenvalue weighted by atomic mass is 9.36. The molecule has 3 aliphatic carbocycles. The molecule has 0 radical (unpaired) electrons. The van der Waals surface area contributed by atoms with Gasteiger partial charge < -0.3 is 29.2 Å². The lowest BCUT2D eigenvalue weighted by Crippen LogP contribution is -2.76. The van der Waals surface area contributed by atoms with E-state index in [1.807, 2.05) is 6.92 Å². The van der Waals surface area contributed by atoms with E-state index >= 15 is 0 Å². The largest absolute Gasteiger partial charge is 0.478 e. The van der Waals surface area contributed by atoms with Crippen molar-refractivity contribution in [1.29, 1.82) is 0 Å². The van der Waals surface area contributed by atoms with E-state index in [4.69, 9.17) is 13.9 Å². The number of pyridine rings is 1. The number of aliphatic hydroxyl groups excluding tert-OH is 2. The molecule has 3 N–H and O–H groups in total. The molecule has 38 heavy (non-hydrogen) atoms. The van der Waals surface area contributed by atoms with Gasteiger partial charge in [-0.1, -0.05) is 26.8 Å². The van der Waals surface area contributed by atoms with Crippen molar-refractivity contribution in [3.63, 3.8) is 0 Å². The first kappa shape index (κ1) is 24.5. The van der Waals surface area contributed by atoms with Gasteiger partial charge in [-0.25, -0.2) is 4.79 Å². The zero-order valence-electron chi connectivity index (χ0n) is 22.2. The van der Waals surface area contributed by atoms with Crippen LogP contribution in [-0.4, -0.2) is 44.4 Å². The summed E-state index contributed by atoms with van der Waals surface area (Å²) in [6.45, 7) is 8.44. The topological polar surface area (TPSA) is 122 Å². The number of rotatable bonds is 1. The Labute approximate surface area is 221 Å². The highest BCUT2D eigenvalue weighted by Gasteiger charge is 2.77. The number of nitrogens with zero attached hydrogens (tertiary/aromatic N) is 1. The molecule has 5 heterocycles. The fourth-order valence-electron chi connectivity index (χ4n) is 9.60. The Kier molecular flexibility index (Phi) is 4.75. The van der Waals surface area contributed by atoms with Crippen LogP contribution >= 0.6 is 0 Å². The van der Waals surface area contributed by atoms with Crippen LogP contribution in [0, 0.1) is 28.1 Å². The number of hydrogen-bond acceptors (Lipinski definition) is 8. The van der Waals surface area contributed by atoms with Crippen LogP contribution < -0.4 is 10.4 Å². The third-order valence-electron chi connectivity index (χ3n) is 11.4. The summed E-state index contributed by atoms with van der Waals surface area (Å²) in [5, 5.41) is 35.0. The van der Waals surface area contributed by atoms with Crippen molar-refractivity contribution in [2.45, 2.75) is 77.0 Å². The van der Waals surface area contributed by atoms with Crippen molar-refractivity contribution in [2.24, 2.45) is 28.1 Å². The minimum Gasteiger partial charge on any atom is -0.478 e. The minimum atomic E-state index is -1.26. The first-order chi connectivity index (χ1) is 17.9. The predicted octanol–water partition coefficient (Wildman–Crippen LogP) is 3.74. The van der Waals surface area contributed by atoms with Gasteiger partial charge in [0, 0.05) is 52.6 Å². The van der Waals surface area contributed by atoms with E-state index < -0.39 is 45.5 Å². The highest BCUT2D eigenvalue weighted by molar-refractivity contribution is 5.60. The maximum atomic E-state index is 13.3. The molecule has 2 saturated heterocycles. The van der Waals surface area contributed by atoms with Gasteiger partial charge in [0.05, 0.1) is 12.7 Å². The molecular formula is C30H35NO7. The molecule has 2 aromatic heterocycles. The summed E-state index contributed by atoms with van der Waals surface area (Å²) in [6.07, 6.45) is 5.66. The first-order valence-corrected chi connectivity index (χ1v) is 13.6. The number of fused-ring (bicyclic) bond motifs is 5. The third kappa shape index (κ3) is 2.60. The summed E-state index contributed by atoms with van der Waals surface area (Å²) in [5.41, 5.74) is -2.07. The Balaban J connectivity index is 1.39. The molecule has 2 bridgehead atoms. The van der Waals surface area contributed by atoms with Crippen molar-refractivity contribution < 1.29 is 29.2 Å². The Hall–Kier alpha value is -2.52. The van der Waals surface area contributed by atoms with Gasteiger partial charge in [-0.05, 0) is 49.8 Å². The fourth-order valence-corrected chi connectivity index (χ4v) is 9.60. The average Bonchev–Trinajstić information content (AvgIpc) is 3.18. The molecule has 202 valence electrons. The maximum Gasteiger partial charge on any atom is 0.346 e. The van der Waals surface area contributed by atoms with Crippen LogP contribution in [0.25, 0.3) is 11.3 Å². The lowest BCUT2D eigenvalue weighted by Gasteiger charge is -2.73. The molecule has 0 aromatic carbocycles. The fraction of sp³-hybridized carbons (Fsp3) is 0.600. The summed E-state index contributed by atoms with van der Waals surface area (Å²) in [4.78, 5) is 17.4. The summed E-state index contributed by atoms with van der Waals surface area (Å²) in [7, 11) is 0. The quantitative estimate of drug-likeness (QED) is 0.485. The molecule has 4 fully saturated rings. The molecule has 8 atom stereocenters. The summed E-state index contributed by atoms with van der Waals surface area (Å²) in [6, 6.07) is 5.23. The molecule has 8 unspecified atom stereocenters. The molecule has 8 rings (SSSR count). The van der Waals surface area contributed by atoms with Gasteiger partial charge in [-0.2, -0.15) is 0 Å². The van der Waals surface area contributed by atoms with Crippen LogP contribution in [0.3, 0.4) is 0 Å². The van der Waals surface area contributed by atoms with Crippen LogP contribution in [0.4, 0.5) is 0 Å². The number of ether oxygens (including phenoxy) is 2. The Bertz CT molecular complexity index is 1410. The van der Waals surface area contributed by atoms with Crippen molar-refractivity contribution in [2.75, 3.05) is 6.61 Å². The van der Waals surface area contributed by atoms with Gasteiger partial charge in [0.1, 0.15) is 23.2 Å². The van der Waals surface area contributed by atoms with Gasteiger partial charge in [-0.15, -0.1) is 0 Å². The maximum absolute atomic E-state index is 13.3. The average molecular weight is 522 g/mol. The Morgan fingerprint density at radius 1 is 1.13 bits per heavy atom. The van der Waals surface area contributed by atoms with Gasteiger partial charge in [0.2, 0.25) is 0 Å². The second-order valence-corrected chi connectivity index (χ2v) is 13.0. The van der Waals surface area contributed by atoms with E-state index in [1.54, 1.807) is 36.7 Å². The summed E-state index contributed by atoms with van der Waals surface area (Å²) >= 11 is 0. The summed E-state index contributed by atoms with van der Waals surface area (Å²) in [5.74, 6) is -0.744. The smallest absolute Gasteiger partial charge is 0.346 e. The van der Waals surface area contributed by atoms with Crippen LogP contribution in [0.1, 0.15) is 65.0 Å². The standard InChI is InChI=1S/C30H35NO7/c1-16-12-18(32)23-27(4,8-7-21-26(2,3)29(35)10-9-28(21,23)15-36-29)30(16)24(33)22-20(38-30)13-19(37-25(22)34)17-6-5-11-31-14-17/h5-6,11-14,18,21,23-24,32-33,35H,7-10,15H2,1-4H3. The molecule has 2 spiro atoms. The van der Waals surface area contributed by atoms with E-state index in [0.717, 1.165) is 6.42 Å². The number of aliphatic hydroxyl groups is 3. The van der Waals surface area contributed by atoms with E-state index in [-0.39, 0.29) is 17.4 Å². The van der Waals surface area contributed by atoms with E-state index in [0.29, 0.717) is 48.5 Å². The second-order valence-electron chi connectivity index (χ2n) is 13.0. The van der Waals surface area contributed by atoms with Gasteiger partial charge in [-0.3, -0.25) is 4.98 Å². The van der Waals surface area contributed by atoms with Gasteiger partial charge in [0.15, 0.2) is 11.4 Å². The van der Waals surface area contributed by atoms with E-state index in [9.17, 15) is 20.1 Å². The monoisotopic (exact) mass is 521 g/mol. The number of hydrogen-bond donors (Lipinski definition) is 3. The molecule has 2 saturated carbocycles. The normalized spacial score (nSPS) is 44.1. The lowest BCUT2D eigenvalue weighted by molar-refractivity contribution is -0.401. The Morgan fingerprint density at radius 3 is 2.61 bits per heavy atom. The van der Waals surface area contributed by atoms with Crippen LogP contribution in [-0.2, 0) is 4.74 Å².